The lowest BCUT2D eigenvalue weighted by Crippen LogP contribution is -2.21. The Hall–Kier alpha value is -12.1. The maximum absolute atomic E-state index is 11.8. The molecule has 0 aliphatic heterocycles. The number of carbonyl (C=O) groups excluding carboxylic acids is 4. The van der Waals surface area contributed by atoms with Gasteiger partial charge < -0.3 is 18.9 Å². The van der Waals surface area contributed by atoms with E-state index in [2.05, 4.69) is 162 Å². The highest BCUT2D eigenvalue weighted by Gasteiger charge is 2.20. The Morgan fingerprint density at radius 1 is 0.724 bits per heavy atom. The number of nitrogens with one attached hydrogen (secondary N) is 6. The number of H-pyrrole nitrogens is 4. The first-order chi connectivity index (χ1) is 36.8. The number of anilines is 5. The van der Waals surface area contributed by atoms with Crippen LogP contribution in [0.3, 0.4) is 0 Å². The van der Waals surface area contributed by atoms with Crippen LogP contribution in [0, 0.1) is 24.7 Å². The highest BCUT2D eigenvalue weighted by atomic mass is 16.6. The van der Waals surface area contributed by atoms with E-state index in [9.17, 15) is 19.2 Å². The van der Waals surface area contributed by atoms with E-state index in [0.29, 0.717) is 11.6 Å². The second kappa shape index (κ2) is 28.6. The Kier molecular flexibility index (Phi) is 20.6. The lowest BCUT2D eigenvalue weighted by molar-refractivity contribution is -0.168. The van der Waals surface area contributed by atoms with Crippen molar-refractivity contribution in [1.82, 2.24) is 117 Å². The minimum atomic E-state index is -1.14. The van der Waals surface area contributed by atoms with Crippen LogP contribution in [0.4, 0.5) is 41.6 Å². The standard InChI is InChI=1S/C19H23N17O4.C8H6O4.C7H5N17/c1-5-10(2)8-39-14(37)15(38)40-9-11-7-36(34-24-11)19-21-12(25-32-19)6-13-26-29-17(30-27-13)22-16-23-18(31-28-16)35(4)33-20-3;1-3-5-11-7(9)8(10)12-6-4-2;8-23-21-5-10-2(13-17-5)1-3-14-18-6(19-15-3)11-4-12-7(20-16-4)22-24-9/h5,7H,6,8-9H2,1-4H3,(H,21,25,32)(H2,22,23,28,29,30,31);1-2H,5-6H2;1H2,(H,10,13,17)(H2,11,12,16,18,19,20)/b10-5+,33-20?;;. The van der Waals surface area contributed by atoms with E-state index in [1.807, 2.05) is 11.8 Å². The molecule has 42 heteroatoms. The van der Waals surface area contributed by atoms with Crippen molar-refractivity contribution in [2.24, 2.45) is 20.6 Å². The smallest absolute Gasteiger partial charge is 0.418 e. The summed E-state index contributed by atoms with van der Waals surface area (Å²) in [6, 6.07) is 0. The fraction of sp³-hybridized carbons (Fsp3) is 0.294. The van der Waals surface area contributed by atoms with Crippen LogP contribution in [-0.4, -0.2) is 174 Å². The molecule has 0 radical (unpaired) electrons. The number of aromatic amines is 4. The predicted octanol–water partition coefficient (Wildman–Crippen LogP) is -0.536. The molecule has 0 spiro atoms. The molecule has 0 bridgehead atoms. The topological polar surface area (TPSA) is 555 Å². The van der Waals surface area contributed by atoms with Gasteiger partial charge in [0.15, 0.2) is 30.7 Å². The Balaban J connectivity index is 0.000000249. The minimum absolute atomic E-state index is 0.00111. The van der Waals surface area contributed by atoms with E-state index in [1.165, 1.54) is 22.9 Å². The molecular formula is C34H34N34O8. The number of hydrogen-bond acceptors (Lipinski definition) is 32. The average Bonchev–Trinajstić information content (AvgIpc) is 4.31. The first kappa shape index (κ1) is 54.9. The van der Waals surface area contributed by atoms with Crippen molar-refractivity contribution < 1.29 is 38.1 Å². The van der Waals surface area contributed by atoms with E-state index in [0.717, 1.165) is 5.57 Å². The van der Waals surface area contributed by atoms with E-state index in [1.54, 1.807) is 27.0 Å². The van der Waals surface area contributed by atoms with Gasteiger partial charge in [-0.1, -0.05) is 28.4 Å². The van der Waals surface area contributed by atoms with Gasteiger partial charge in [-0.3, -0.25) is 25.9 Å². The van der Waals surface area contributed by atoms with Crippen LogP contribution in [-0.2, 0) is 57.6 Å². The van der Waals surface area contributed by atoms with Gasteiger partial charge in [0.2, 0.25) is 23.8 Å². The summed E-state index contributed by atoms with van der Waals surface area (Å²) in [5, 5.41) is 85.5. The molecule has 7 aromatic rings. The van der Waals surface area contributed by atoms with E-state index < -0.39 is 23.9 Å². The Bertz CT molecular complexity index is 3210. The number of azide groups is 2. The third kappa shape index (κ3) is 17.7. The fourth-order valence-corrected chi connectivity index (χ4v) is 4.50. The Labute approximate surface area is 421 Å². The summed E-state index contributed by atoms with van der Waals surface area (Å²) in [6.45, 7) is 2.74. The molecule has 0 aliphatic carbocycles. The van der Waals surface area contributed by atoms with Crippen molar-refractivity contribution in [1.29, 1.82) is 0 Å². The van der Waals surface area contributed by atoms with Crippen LogP contribution in [0.1, 0.15) is 42.8 Å². The second-order valence-corrected chi connectivity index (χ2v) is 13.2. The van der Waals surface area contributed by atoms with Gasteiger partial charge in [-0.05, 0) is 40.7 Å². The van der Waals surface area contributed by atoms with Gasteiger partial charge in [-0.25, -0.2) is 34.3 Å². The molecule has 76 heavy (non-hydrogen) atoms. The zero-order chi connectivity index (χ0) is 54.7. The van der Waals surface area contributed by atoms with Gasteiger partial charge in [0, 0.05) is 16.9 Å². The lowest BCUT2D eigenvalue weighted by Gasteiger charge is -2.04. The first-order valence-electron chi connectivity index (χ1n) is 20.4. The molecule has 0 aliphatic rings. The number of ether oxygens (including phenoxy) is 4. The van der Waals surface area contributed by atoms with Crippen molar-refractivity contribution in [2.45, 2.75) is 33.3 Å². The summed E-state index contributed by atoms with van der Waals surface area (Å²) in [6.07, 6.45) is 13.0. The zero-order valence-corrected chi connectivity index (χ0v) is 39.3. The van der Waals surface area contributed by atoms with Crippen molar-refractivity contribution in [3.8, 4) is 30.6 Å². The molecule has 7 rings (SSSR count). The van der Waals surface area contributed by atoms with Gasteiger partial charge in [-0.15, -0.1) is 74.0 Å². The highest BCUT2D eigenvalue weighted by molar-refractivity contribution is 6.30. The van der Waals surface area contributed by atoms with Gasteiger partial charge in [-0.2, -0.15) is 29.8 Å². The summed E-state index contributed by atoms with van der Waals surface area (Å²) >= 11 is 0. The van der Waals surface area contributed by atoms with Crippen molar-refractivity contribution >= 4 is 65.5 Å². The summed E-state index contributed by atoms with van der Waals surface area (Å²) in [4.78, 5) is 65.9. The average molecular weight is 1050 g/mol. The molecule has 0 aromatic carbocycles. The predicted molar refractivity (Wildman–Crippen MR) is 244 cm³/mol. The maximum Gasteiger partial charge on any atom is 0.418 e. The quantitative estimate of drug-likeness (QED) is 0.00682. The van der Waals surface area contributed by atoms with Crippen LogP contribution < -0.4 is 15.6 Å². The number of aromatic nitrogens is 23. The third-order valence-corrected chi connectivity index (χ3v) is 7.84. The molecule has 0 unspecified atom stereocenters. The van der Waals surface area contributed by atoms with Crippen LogP contribution in [0.25, 0.3) is 26.8 Å². The molecule has 0 atom stereocenters. The number of nitrogens with zero attached hydrogens (tertiary/aromatic N) is 28. The summed E-state index contributed by atoms with van der Waals surface area (Å²) in [5.41, 5.74) is 17.6. The number of allylic oxidation sites excluding steroid dienone is 1. The largest absolute Gasteiger partial charge is 0.453 e. The zero-order valence-electron chi connectivity index (χ0n) is 39.3. The molecule has 0 saturated heterocycles. The van der Waals surface area contributed by atoms with Crippen molar-refractivity contribution in [3.63, 3.8) is 0 Å². The molecule has 7 aromatic heterocycles. The van der Waals surface area contributed by atoms with Crippen molar-refractivity contribution in [3.05, 3.63) is 67.7 Å². The van der Waals surface area contributed by atoms with E-state index >= 15 is 0 Å². The first-order valence-corrected chi connectivity index (χ1v) is 20.4. The second-order valence-electron chi connectivity index (χ2n) is 13.2. The summed E-state index contributed by atoms with van der Waals surface area (Å²) in [7, 11) is 3.16. The van der Waals surface area contributed by atoms with Gasteiger partial charge >= 0.3 is 23.9 Å². The van der Waals surface area contributed by atoms with Gasteiger partial charge in [0.25, 0.3) is 23.8 Å². The molecule has 0 amide bonds. The van der Waals surface area contributed by atoms with Gasteiger partial charge in [0.05, 0.1) is 26.1 Å². The van der Waals surface area contributed by atoms with Crippen LogP contribution in [0.5, 0.6) is 0 Å². The van der Waals surface area contributed by atoms with Gasteiger partial charge in [0.1, 0.15) is 24.7 Å². The van der Waals surface area contributed by atoms with Crippen LogP contribution in [0.2, 0.25) is 0 Å². The molecule has 0 fully saturated rings. The van der Waals surface area contributed by atoms with Crippen LogP contribution in [0.15, 0.2) is 38.4 Å². The Morgan fingerprint density at radius 3 is 1.96 bits per heavy atom. The van der Waals surface area contributed by atoms with E-state index in [-0.39, 0.29) is 104 Å². The monoisotopic (exact) mass is 1050 g/mol. The van der Waals surface area contributed by atoms with Crippen LogP contribution >= 0.6 is 0 Å². The summed E-state index contributed by atoms with van der Waals surface area (Å²) in [5.74, 6) is 1.67. The summed E-state index contributed by atoms with van der Waals surface area (Å²) < 4.78 is 19.5. The molecule has 6 N–H and O–H groups in total. The number of rotatable bonds is 19. The highest BCUT2D eigenvalue weighted by Crippen LogP contribution is 2.13. The maximum atomic E-state index is 11.8. The number of terminal acetylenes is 2. The lowest BCUT2D eigenvalue weighted by atomic mass is 10.3. The molecule has 42 nitrogen and oxygen atoms in total. The minimum Gasteiger partial charge on any atom is -0.453 e. The SMILES string of the molecule is C#CCOC(=O)C(=O)OCC#C.C/C=C(\C)COC(=O)C(=O)OCc1cn(-c2n[nH]c(Cc3nnc(Nc4nc(N(C)N=NC)n[nH]4)nn3)n2)nn1.[N-]=[N+]=Nc1nc(Cc2nnc(Nc3n[nH]c(N=[N+]=[N-])n3)nn2)n[nH]1. The molecule has 388 valence electrons. The number of hydrogen-bond donors (Lipinski definition) is 6. The van der Waals surface area contributed by atoms with E-state index in [4.69, 9.17) is 33.4 Å². The molecule has 0 saturated carbocycles. The molecule has 7 heterocycles. The Morgan fingerprint density at radius 2 is 1.33 bits per heavy atom. The number of carbonyl (C=O) groups is 4. The normalized spacial score (nSPS) is 10.4. The molecular weight excluding hydrogens is 1010 g/mol. The van der Waals surface area contributed by atoms with Crippen molar-refractivity contribution in [2.75, 3.05) is 49.6 Å². The fourth-order valence-electron chi connectivity index (χ4n) is 4.50. The number of esters is 4. The third-order valence-electron chi connectivity index (χ3n) is 7.84.